The number of nitrogens with zero attached hydrogens (tertiary/aromatic N) is 4. The minimum atomic E-state index is -0.481. The number of amides is 1. The molecule has 2 aromatic heterocycles. The predicted molar refractivity (Wildman–Crippen MR) is 122 cm³/mol. The zero-order chi connectivity index (χ0) is 20.2. The van der Waals surface area contributed by atoms with E-state index in [1.54, 1.807) is 24.9 Å². The summed E-state index contributed by atoms with van der Waals surface area (Å²) >= 11 is 0. The first-order valence-corrected chi connectivity index (χ1v) is 9.08. The van der Waals surface area contributed by atoms with Crippen LogP contribution in [-0.2, 0) is 20.5 Å². The zero-order valence-corrected chi connectivity index (χ0v) is 18.5. The highest BCUT2D eigenvalue weighted by Crippen LogP contribution is 2.32. The highest BCUT2D eigenvalue weighted by molar-refractivity contribution is 6.07. The van der Waals surface area contributed by atoms with Crippen molar-refractivity contribution in [3.8, 4) is 0 Å². The smallest absolute Gasteiger partial charge is 0.332 e. The van der Waals surface area contributed by atoms with Crippen LogP contribution in [0.15, 0.2) is 33.9 Å². The highest BCUT2D eigenvalue weighted by atomic mass is 35.5. The number of nitrogen functional groups attached to an aromatic ring is 1. The standard InChI is InChI=1S/C20H21N5O3.2ClH/c1-11-10-14(22-17-16(11)19(27)24(3)20(28)23(17)2)18(26)25-9-5-6-12-13(21)7-4-8-15(12)25;;/h4,7-8,10H,5-6,9,21H2,1-3H3;2*1H. The summed E-state index contributed by atoms with van der Waals surface area (Å²) in [4.78, 5) is 44.1. The van der Waals surface area contributed by atoms with Crippen molar-refractivity contribution in [1.29, 1.82) is 0 Å². The van der Waals surface area contributed by atoms with Gasteiger partial charge in [0.25, 0.3) is 11.5 Å². The SMILES string of the molecule is Cc1cc(C(=O)N2CCCc3c(N)cccc32)nc2c1c(=O)n(C)c(=O)n2C.Cl.Cl. The molecule has 160 valence electrons. The number of hydrogen-bond acceptors (Lipinski definition) is 5. The van der Waals surface area contributed by atoms with Crippen LogP contribution < -0.4 is 21.9 Å². The maximum Gasteiger partial charge on any atom is 0.332 e. The summed E-state index contributed by atoms with van der Waals surface area (Å²) in [7, 11) is 2.97. The highest BCUT2D eigenvalue weighted by Gasteiger charge is 2.26. The van der Waals surface area contributed by atoms with Gasteiger partial charge in [0.05, 0.1) is 5.39 Å². The van der Waals surface area contributed by atoms with Gasteiger partial charge in [-0.3, -0.25) is 18.7 Å². The van der Waals surface area contributed by atoms with Gasteiger partial charge in [-0.15, -0.1) is 24.8 Å². The molecule has 1 aromatic carbocycles. The van der Waals surface area contributed by atoms with Crippen molar-refractivity contribution in [2.45, 2.75) is 19.8 Å². The minimum Gasteiger partial charge on any atom is -0.398 e. The number of benzene rings is 1. The second-order valence-corrected chi connectivity index (χ2v) is 7.13. The van der Waals surface area contributed by atoms with E-state index in [9.17, 15) is 14.4 Å². The Morgan fingerprint density at radius 3 is 2.53 bits per heavy atom. The van der Waals surface area contributed by atoms with Crippen LogP contribution in [-0.4, -0.2) is 26.6 Å². The lowest BCUT2D eigenvalue weighted by Gasteiger charge is -2.30. The molecular formula is C20H23Cl2N5O3. The molecule has 10 heteroatoms. The molecule has 1 aliphatic rings. The van der Waals surface area contributed by atoms with Gasteiger partial charge in [0, 0.05) is 32.0 Å². The fourth-order valence-electron chi connectivity index (χ4n) is 3.84. The summed E-state index contributed by atoms with van der Waals surface area (Å²) in [6.07, 6.45) is 1.62. The van der Waals surface area contributed by atoms with E-state index in [4.69, 9.17) is 5.73 Å². The average molecular weight is 452 g/mol. The Kier molecular flexibility index (Phi) is 6.63. The number of nitrogens with two attached hydrogens (primary N) is 1. The van der Waals surface area contributed by atoms with Crippen LogP contribution >= 0.6 is 24.8 Å². The molecule has 0 atom stereocenters. The molecule has 3 heterocycles. The Bertz CT molecular complexity index is 1270. The van der Waals surface area contributed by atoms with Gasteiger partial charge in [-0.05, 0) is 49.1 Å². The van der Waals surface area contributed by atoms with Crippen molar-refractivity contribution in [3.63, 3.8) is 0 Å². The van der Waals surface area contributed by atoms with Gasteiger partial charge in [0.15, 0.2) is 0 Å². The van der Waals surface area contributed by atoms with Crippen molar-refractivity contribution in [3.05, 3.63) is 61.9 Å². The van der Waals surface area contributed by atoms with E-state index >= 15 is 0 Å². The fraction of sp³-hybridized carbons (Fsp3) is 0.300. The number of anilines is 2. The maximum atomic E-state index is 13.3. The van der Waals surface area contributed by atoms with E-state index in [2.05, 4.69) is 4.98 Å². The summed E-state index contributed by atoms with van der Waals surface area (Å²) in [5.41, 5.74) is 8.61. The van der Waals surface area contributed by atoms with Crippen LogP contribution in [0.25, 0.3) is 11.0 Å². The second-order valence-electron chi connectivity index (χ2n) is 7.13. The van der Waals surface area contributed by atoms with E-state index in [-0.39, 0.29) is 42.1 Å². The van der Waals surface area contributed by atoms with Crippen molar-refractivity contribution in [2.75, 3.05) is 17.2 Å². The van der Waals surface area contributed by atoms with Gasteiger partial charge < -0.3 is 10.6 Å². The Morgan fingerprint density at radius 1 is 1.13 bits per heavy atom. The van der Waals surface area contributed by atoms with Gasteiger partial charge in [-0.25, -0.2) is 9.78 Å². The molecular weight excluding hydrogens is 429 g/mol. The van der Waals surface area contributed by atoms with Crippen LogP contribution in [0.3, 0.4) is 0 Å². The van der Waals surface area contributed by atoms with Crippen LogP contribution in [0.5, 0.6) is 0 Å². The number of aryl methyl sites for hydroxylation is 2. The Morgan fingerprint density at radius 2 is 1.83 bits per heavy atom. The third-order valence-electron chi connectivity index (χ3n) is 5.36. The fourth-order valence-corrected chi connectivity index (χ4v) is 3.84. The Balaban J connectivity index is 0.00000160. The largest absolute Gasteiger partial charge is 0.398 e. The summed E-state index contributed by atoms with van der Waals surface area (Å²) in [6.45, 7) is 2.30. The van der Waals surface area contributed by atoms with Gasteiger partial charge in [0.2, 0.25) is 0 Å². The van der Waals surface area contributed by atoms with Gasteiger partial charge in [-0.2, -0.15) is 0 Å². The van der Waals surface area contributed by atoms with Gasteiger partial charge in [-0.1, -0.05) is 6.07 Å². The summed E-state index contributed by atoms with van der Waals surface area (Å²) in [5.74, 6) is -0.273. The van der Waals surface area contributed by atoms with Crippen molar-refractivity contribution >= 4 is 53.1 Å². The molecule has 1 aliphatic heterocycles. The first-order chi connectivity index (χ1) is 13.3. The van der Waals surface area contributed by atoms with Gasteiger partial charge in [0.1, 0.15) is 11.3 Å². The molecule has 0 unspecified atom stereocenters. The first kappa shape index (κ1) is 23.4. The third kappa shape index (κ3) is 3.46. The lowest BCUT2D eigenvalue weighted by Crippen LogP contribution is -2.39. The molecule has 0 spiro atoms. The molecule has 0 saturated carbocycles. The number of halogens is 2. The van der Waals surface area contributed by atoms with E-state index in [0.29, 0.717) is 23.2 Å². The summed E-state index contributed by atoms with van der Waals surface area (Å²) in [5, 5.41) is 0.337. The van der Waals surface area contributed by atoms with Crippen molar-refractivity contribution < 1.29 is 4.79 Å². The number of hydrogen-bond donors (Lipinski definition) is 1. The molecule has 2 N–H and O–H groups in total. The Labute approximate surface area is 185 Å². The Hall–Kier alpha value is -2.84. The number of carbonyl (C=O) groups is 1. The van der Waals surface area contributed by atoms with Crippen LogP contribution in [0.4, 0.5) is 11.4 Å². The van der Waals surface area contributed by atoms with Crippen LogP contribution in [0, 0.1) is 6.92 Å². The molecule has 0 radical (unpaired) electrons. The molecule has 4 rings (SSSR count). The normalized spacial score (nSPS) is 12.7. The number of fused-ring (bicyclic) bond motifs is 2. The van der Waals surface area contributed by atoms with Crippen molar-refractivity contribution in [2.24, 2.45) is 14.1 Å². The second kappa shape index (κ2) is 8.49. The average Bonchev–Trinajstić information content (AvgIpc) is 2.69. The van der Waals surface area contributed by atoms with E-state index in [0.717, 1.165) is 28.7 Å². The number of carbonyl (C=O) groups excluding carboxylic acids is 1. The quantitative estimate of drug-likeness (QED) is 0.569. The number of rotatable bonds is 1. The molecule has 0 saturated heterocycles. The van der Waals surface area contributed by atoms with Crippen LogP contribution in [0.2, 0.25) is 0 Å². The number of pyridine rings is 1. The maximum absolute atomic E-state index is 13.3. The first-order valence-electron chi connectivity index (χ1n) is 9.08. The molecule has 3 aromatic rings. The predicted octanol–water partition coefficient (Wildman–Crippen LogP) is 1.96. The number of aromatic nitrogens is 3. The lowest BCUT2D eigenvalue weighted by molar-refractivity contribution is 0.0980. The lowest BCUT2D eigenvalue weighted by atomic mass is 9.99. The van der Waals surface area contributed by atoms with Gasteiger partial charge >= 0.3 is 5.69 Å². The monoisotopic (exact) mass is 451 g/mol. The van der Waals surface area contributed by atoms with Crippen LogP contribution in [0.1, 0.15) is 28.0 Å². The van der Waals surface area contributed by atoms with E-state index in [1.807, 2.05) is 18.2 Å². The molecule has 0 bridgehead atoms. The minimum absolute atomic E-state index is 0. The molecule has 8 nitrogen and oxygen atoms in total. The van der Waals surface area contributed by atoms with Crippen molar-refractivity contribution in [1.82, 2.24) is 14.1 Å². The molecule has 0 aliphatic carbocycles. The third-order valence-corrected chi connectivity index (χ3v) is 5.36. The molecule has 30 heavy (non-hydrogen) atoms. The summed E-state index contributed by atoms with van der Waals surface area (Å²) in [6, 6.07) is 7.14. The zero-order valence-electron chi connectivity index (χ0n) is 16.8. The molecule has 0 fully saturated rings. The van der Waals surface area contributed by atoms with E-state index in [1.165, 1.54) is 11.6 Å². The van der Waals surface area contributed by atoms with E-state index < -0.39 is 11.2 Å². The topological polar surface area (TPSA) is 103 Å². The summed E-state index contributed by atoms with van der Waals surface area (Å²) < 4.78 is 2.34. The molecule has 1 amide bonds.